The van der Waals surface area contributed by atoms with Crippen LogP contribution in [0, 0.1) is 25.6 Å². The van der Waals surface area contributed by atoms with E-state index >= 15 is 0 Å². The monoisotopic (exact) mass is 477 g/mol. The number of benzene rings is 1. The molecule has 182 valence electrons. The number of rotatable bonds is 8. The van der Waals surface area contributed by atoms with Crippen LogP contribution in [0.5, 0.6) is 0 Å². The van der Waals surface area contributed by atoms with Gasteiger partial charge in [0.05, 0.1) is 28.8 Å². The fourth-order valence-corrected chi connectivity index (χ4v) is 4.10. The molecule has 0 spiro atoms. The molecule has 0 saturated carbocycles. The van der Waals surface area contributed by atoms with Gasteiger partial charge in [0.2, 0.25) is 5.91 Å². The van der Waals surface area contributed by atoms with Crippen LogP contribution in [0.2, 0.25) is 0 Å². The lowest BCUT2D eigenvalue weighted by molar-refractivity contribution is -0.121. The van der Waals surface area contributed by atoms with Crippen molar-refractivity contribution in [3.05, 3.63) is 71.1 Å². The molecule has 9 heteroatoms. The molecule has 3 N–H and O–H groups in total. The van der Waals surface area contributed by atoms with Crippen molar-refractivity contribution < 1.29 is 18.4 Å². The lowest BCUT2D eigenvalue weighted by Gasteiger charge is -2.15. The van der Waals surface area contributed by atoms with Crippen LogP contribution in [-0.4, -0.2) is 33.1 Å². The van der Waals surface area contributed by atoms with Crippen molar-refractivity contribution >= 4 is 22.8 Å². The highest BCUT2D eigenvalue weighted by molar-refractivity contribution is 6.06. The van der Waals surface area contributed by atoms with Gasteiger partial charge in [-0.1, -0.05) is 12.1 Å². The Kier molecular flexibility index (Phi) is 6.68. The Labute approximate surface area is 202 Å². The highest BCUT2D eigenvalue weighted by Gasteiger charge is 2.22. The standard InChI is InChI=1S/C26H28FN5O3/c1-14(2)32-25-22(13-30-32)21(11-23(31-25)20-9-15(3)35-16(20)4)26(34)29-12-18(24(28)33)10-17-5-7-19(27)8-6-17/h5-9,11,13-14,18H,10,12H2,1-4H3,(H2,28,33)(H,29,34). The van der Waals surface area contributed by atoms with Crippen LogP contribution in [0.15, 0.2) is 47.0 Å². The van der Waals surface area contributed by atoms with Crippen molar-refractivity contribution in [2.24, 2.45) is 11.7 Å². The second kappa shape index (κ2) is 9.69. The van der Waals surface area contributed by atoms with Crippen molar-refractivity contribution in [1.82, 2.24) is 20.1 Å². The summed E-state index contributed by atoms with van der Waals surface area (Å²) in [6.45, 7) is 7.71. The molecule has 1 aromatic carbocycles. The Hall–Kier alpha value is -4.01. The molecule has 0 aliphatic heterocycles. The Morgan fingerprint density at radius 1 is 1.17 bits per heavy atom. The number of fused-ring (bicyclic) bond motifs is 1. The molecule has 3 aromatic heterocycles. The van der Waals surface area contributed by atoms with E-state index in [2.05, 4.69) is 10.4 Å². The average molecular weight is 478 g/mol. The van der Waals surface area contributed by atoms with Crippen LogP contribution in [0.3, 0.4) is 0 Å². The van der Waals surface area contributed by atoms with E-state index in [4.69, 9.17) is 15.1 Å². The molecule has 35 heavy (non-hydrogen) atoms. The van der Waals surface area contributed by atoms with Gasteiger partial charge in [0.25, 0.3) is 5.91 Å². The minimum atomic E-state index is -0.654. The first-order valence-corrected chi connectivity index (χ1v) is 11.4. The number of carbonyl (C=O) groups is 2. The number of hydrogen-bond acceptors (Lipinski definition) is 5. The van der Waals surface area contributed by atoms with E-state index < -0.39 is 11.8 Å². The number of aryl methyl sites for hydroxylation is 2. The maximum Gasteiger partial charge on any atom is 0.252 e. The number of primary amides is 1. The Morgan fingerprint density at radius 3 is 2.49 bits per heavy atom. The summed E-state index contributed by atoms with van der Waals surface area (Å²) in [6.07, 6.45) is 1.91. The maximum atomic E-state index is 13.3. The van der Waals surface area contributed by atoms with Crippen molar-refractivity contribution in [2.75, 3.05) is 6.54 Å². The molecular weight excluding hydrogens is 449 g/mol. The van der Waals surface area contributed by atoms with Crippen molar-refractivity contribution in [1.29, 1.82) is 0 Å². The van der Waals surface area contributed by atoms with Gasteiger partial charge in [0.1, 0.15) is 17.3 Å². The van der Waals surface area contributed by atoms with Crippen LogP contribution in [0.1, 0.15) is 47.3 Å². The van der Waals surface area contributed by atoms with Gasteiger partial charge in [-0.05, 0) is 63.9 Å². The number of halogens is 1. The number of carbonyl (C=O) groups excluding carboxylic acids is 2. The van der Waals surface area contributed by atoms with E-state index in [1.807, 2.05) is 33.8 Å². The highest BCUT2D eigenvalue weighted by atomic mass is 19.1. The molecule has 0 saturated heterocycles. The average Bonchev–Trinajstić information content (AvgIpc) is 3.39. The summed E-state index contributed by atoms with van der Waals surface area (Å²) in [5, 5.41) is 7.88. The van der Waals surface area contributed by atoms with E-state index in [1.54, 1.807) is 29.1 Å². The van der Waals surface area contributed by atoms with E-state index in [0.717, 1.165) is 16.9 Å². The first kappa shape index (κ1) is 24.1. The van der Waals surface area contributed by atoms with E-state index in [9.17, 15) is 14.0 Å². The van der Waals surface area contributed by atoms with Crippen LogP contribution >= 0.6 is 0 Å². The molecule has 4 rings (SSSR count). The van der Waals surface area contributed by atoms with Gasteiger partial charge < -0.3 is 15.5 Å². The zero-order valence-corrected chi connectivity index (χ0v) is 20.1. The molecule has 1 atom stereocenters. The zero-order valence-electron chi connectivity index (χ0n) is 20.1. The number of nitrogens with one attached hydrogen (secondary N) is 1. The minimum absolute atomic E-state index is 0.0346. The third-order valence-corrected chi connectivity index (χ3v) is 5.92. The van der Waals surface area contributed by atoms with Gasteiger partial charge in [0, 0.05) is 18.2 Å². The number of hydrogen-bond donors (Lipinski definition) is 2. The van der Waals surface area contributed by atoms with Gasteiger partial charge in [-0.3, -0.25) is 9.59 Å². The van der Waals surface area contributed by atoms with Crippen LogP contribution in [-0.2, 0) is 11.2 Å². The number of pyridine rings is 1. The molecular formula is C26H28FN5O3. The third-order valence-electron chi connectivity index (χ3n) is 5.92. The van der Waals surface area contributed by atoms with Gasteiger partial charge in [-0.25, -0.2) is 14.1 Å². The van der Waals surface area contributed by atoms with Gasteiger partial charge >= 0.3 is 0 Å². The second-order valence-corrected chi connectivity index (χ2v) is 8.94. The largest absolute Gasteiger partial charge is 0.466 e. The fraction of sp³-hybridized carbons (Fsp3) is 0.308. The summed E-state index contributed by atoms with van der Waals surface area (Å²) in [6, 6.07) is 9.48. The highest BCUT2D eigenvalue weighted by Crippen LogP contribution is 2.30. The number of furan rings is 1. The number of nitrogens with two attached hydrogens (primary N) is 1. The lowest BCUT2D eigenvalue weighted by Crippen LogP contribution is -2.37. The maximum absolute atomic E-state index is 13.3. The molecule has 0 fully saturated rings. The van der Waals surface area contributed by atoms with E-state index in [1.165, 1.54) is 12.1 Å². The van der Waals surface area contributed by atoms with Gasteiger partial charge in [-0.2, -0.15) is 5.10 Å². The van der Waals surface area contributed by atoms with Gasteiger partial charge in [0.15, 0.2) is 5.65 Å². The molecule has 4 aromatic rings. The summed E-state index contributed by atoms with van der Waals surface area (Å²) in [5.41, 5.74) is 8.70. The van der Waals surface area contributed by atoms with Crippen LogP contribution in [0.25, 0.3) is 22.3 Å². The van der Waals surface area contributed by atoms with Crippen molar-refractivity contribution in [2.45, 2.75) is 40.2 Å². The molecule has 8 nitrogen and oxygen atoms in total. The predicted molar refractivity (Wildman–Crippen MR) is 130 cm³/mol. The van der Waals surface area contributed by atoms with E-state index in [-0.39, 0.29) is 30.7 Å². The molecule has 0 aliphatic rings. The van der Waals surface area contributed by atoms with Crippen LogP contribution in [0.4, 0.5) is 4.39 Å². The quantitative estimate of drug-likeness (QED) is 0.396. The molecule has 0 radical (unpaired) electrons. The predicted octanol–water partition coefficient (Wildman–Crippen LogP) is 4.10. The second-order valence-electron chi connectivity index (χ2n) is 8.94. The van der Waals surface area contributed by atoms with Crippen molar-refractivity contribution in [3.8, 4) is 11.3 Å². The molecule has 0 bridgehead atoms. The number of aromatic nitrogens is 3. The topological polar surface area (TPSA) is 116 Å². The first-order valence-electron chi connectivity index (χ1n) is 11.4. The molecule has 0 aliphatic carbocycles. The fourth-order valence-electron chi connectivity index (χ4n) is 4.10. The number of amides is 2. The Balaban J connectivity index is 1.65. The van der Waals surface area contributed by atoms with Gasteiger partial charge in [-0.15, -0.1) is 0 Å². The smallest absolute Gasteiger partial charge is 0.252 e. The summed E-state index contributed by atoms with van der Waals surface area (Å²) < 4.78 is 20.7. The minimum Gasteiger partial charge on any atom is -0.466 e. The Bertz CT molecular complexity index is 1390. The number of nitrogens with zero attached hydrogens (tertiary/aromatic N) is 3. The normalized spacial score (nSPS) is 12.3. The van der Waals surface area contributed by atoms with Crippen molar-refractivity contribution in [3.63, 3.8) is 0 Å². The van der Waals surface area contributed by atoms with E-state index in [0.29, 0.717) is 28.1 Å². The molecule has 2 amide bonds. The summed E-state index contributed by atoms with van der Waals surface area (Å²) in [4.78, 5) is 30.2. The lowest BCUT2D eigenvalue weighted by atomic mass is 9.98. The summed E-state index contributed by atoms with van der Waals surface area (Å²) >= 11 is 0. The summed E-state index contributed by atoms with van der Waals surface area (Å²) in [7, 11) is 0. The SMILES string of the molecule is Cc1cc(-c2cc(C(=O)NCC(Cc3ccc(F)cc3)C(N)=O)c3cnn(C(C)C)c3n2)c(C)o1. The third kappa shape index (κ3) is 5.08. The zero-order chi connectivity index (χ0) is 25.3. The summed E-state index contributed by atoms with van der Waals surface area (Å²) in [5.74, 6) is -0.492. The molecule has 3 heterocycles. The first-order chi connectivity index (χ1) is 16.6. The van der Waals surface area contributed by atoms with Crippen LogP contribution < -0.4 is 11.1 Å². The molecule has 1 unspecified atom stereocenters. The Morgan fingerprint density at radius 2 is 1.89 bits per heavy atom.